The van der Waals surface area contributed by atoms with Gasteiger partial charge in [0.05, 0.1) is 0 Å². The highest BCUT2D eigenvalue weighted by atomic mass is 15.2. The van der Waals surface area contributed by atoms with Crippen molar-refractivity contribution in [3.63, 3.8) is 0 Å². The molecule has 16 heavy (non-hydrogen) atoms. The molecule has 0 spiro atoms. The molecule has 1 aliphatic heterocycles. The average molecular weight is 224 g/mol. The quantitative estimate of drug-likeness (QED) is 0.798. The van der Waals surface area contributed by atoms with Gasteiger partial charge in [0, 0.05) is 12.1 Å². The molecule has 2 nitrogen and oxygen atoms in total. The van der Waals surface area contributed by atoms with E-state index in [4.69, 9.17) is 5.73 Å². The molecule has 2 N–H and O–H groups in total. The molecular formula is C14H28N2. The van der Waals surface area contributed by atoms with E-state index in [1.54, 1.807) is 0 Å². The smallest absolute Gasteiger partial charge is 0.0110 e. The van der Waals surface area contributed by atoms with Crippen LogP contribution in [0.1, 0.15) is 58.3 Å². The molecule has 0 bridgehead atoms. The predicted molar refractivity (Wildman–Crippen MR) is 69.4 cm³/mol. The van der Waals surface area contributed by atoms with Crippen LogP contribution in [-0.2, 0) is 0 Å². The SMILES string of the molecule is CC1CCCC(N2CCCCC2CCN)C1. The van der Waals surface area contributed by atoms with Crippen molar-refractivity contribution >= 4 is 0 Å². The first-order chi connectivity index (χ1) is 7.81. The number of likely N-dealkylation sites (tertiary alicyclic amines) is 1. The Morgan fingerprint density at radius 1 is 1.12 bits per heavy atom. The van der Waals surface area contributed by atoms with Gasteiger partial charge in [-0.2, -0.15) is 0 Å². The Morgan fingerprint density at radius 3 is 2.75 bits per heavy atom. The minimum absolute atomic E-state index is 0.800. The lowest BCUT2D eigenvalue weighted by Gasteiger charge is -2.44. The van der Waals surface area contributed by atoms with Crippen LogP contribution < -0.4 is 5.73 Å². The number of rotatable bonds is 3. The normalized spacial score (nSPS) is 37.5. The van der Waals surface area contributed by atoms with Gasteiger partial charge in [0.25, 0.3) is 0 Å². The maximum Gasteiger partial charge on any atom is 0.0110 e. The fourth-order valence-corrected chi connectivity index (χ4v) is 3.71. The minimum Gasteiger partial charge on any atom is -0.330 e. The molecule has 2 rings (SSSR count). The summed E-state index contributed by atoms with van der Waals surface area (Å²) < 4.78 is 0. The van der Waals surface area contributed by atoms with Crippen molar-refractivity contribution < 1.29 is 0 Å². The number of piperidine rings is 1. The van der Waals surface area contributed by atoms with Crippen molar-refractivity contribution in [3.05, 3.63) is 0 Å². The average Bonchev–Trinajstić information content (AvgIpc) is 2.30. The highest BCUT2D eigenvalue weighted by Gasteiger charge is 2.30. The zero-order valence-electron chi connectivity index (χ0n) is 10.8. The summed E-state index contributed by atoms with van der Waals surface area (Å²) >= 11 is 0. The van der Waals surface area contributed by atoms with Crippen LogP contribution in [0.2, 0.25) is 0 Å². The number of nitrogens with two attached hydrogens (primary N) is 1. The number of hydrogen-bond donors (Lipinski definition) is 1. The zero-order valence-corrected chi connectivity index (χ0v) is 10.8. The van der Waals surface area contributed by atoms with Gasteiger partial charge in [-0.3, -0.25) is 4.90 Å². The summed E-state index contributed by atoms with van der Waals surface area (Å²) in [5, 5.41) is 0. The van der Waals surface area contributed by atoms with Gasteiger partial charge in [0.15, 0.2) is 0 Å². The maximum atomic E-state index is 5.75. The van der Waals surface area contributed by atoms with Crippen molar-refractivity contribution in [3.8, 4) is 0 Å². The van der Waals surface area contributed by atoms with Crippen LogP contribution in [0.3, 0.4) is 0 Å². The number of hydrogen-bond acceptors (Lipinski definition) is 2. The number of nitrogens with zero attached hydrogens (tertiary/aromatic N) is 1. The van der Waals surface area contributed by atoms with E-state index >= 15 is 0 Å². The lowest BCUT2D eigenvalue weighted by atomic mass is 9.84. The molecule has 1 saturated carbocycles. The lowest BCUT2D eigenvalue weighted by Crippen LogP contribution is -2.48. The van der Waals surface area contributed by atoms with E-state index < -0.39 is 0 Å². The summed E-state index contributed by atoms with van der Waals surface area (Å²) in [6, 6.07) is 1.68. The first-order valence-corrected chi connectivity index (χ1v) is 7.27. The molecule has 0 radical (unpaired) electrons. The zero-order chi connectivity index (χ0) is 11.4. The molecule has 0 aromatic carbocycles. The van der Waals surface area contributed by atoms with Crippen LogP contribution in [0.25, 0.3) is 0 Å². The highest BCUT2D eigenvalue weighted by Crippen LogP contribution is 2.32. The highest BCUT2D eigenvalue weighted by molar-refractivity contribution is 4.86. The van der Waals surface area contributed by atoms with Crippen LogP contribution >= 0.6 is 0 Å². The predicted octanol–water partition coefficient (Wildman–Crippen LogP) is 2.77. The molecule has 94 valence electrons. The Morgan fingerprint density at radius 2 is 2.00 bits per heavy atom. The molecule has 2 fully saturated rings. The Labute approximate surface area is 101 Å². The monoisotopic (exact) mass is 224 g/mol. The van der Waals surface area contributed by atoms with Crippen molar-refractivity contribution in [2.75, 3.05) is 13.1 Å². The van der Waals surface area contributed by atoms with Gasteiger partial charge in [-0.05, 0) is 51.1 Å². The summed E-state index contributed by atoms with van der Waals surface area (Å²) in [5.74, 6) is 0.944. The summed E-state index contributed by atoms with van der Waals surface area (Å²) in [6.45, 7) is 4.62. The molecular weight excluding hydrogens is 196 g/mol. The third-order valence-corrected chi connectivity index (χ3v) is 4.55. The van der Waals surface area contributed by atoms with E-state index in [1.165, 1.54) is 57.9 Å². The van der Waals surface area contributed by atoms with Crippen LogP contribution in [-0.4, -0.2) is 30.1 Å². The molecule has 0 amide bonds. The van der Waals surface area contributed by atoms with E-state index in [1.807, 2.05) is 0 Å². The topological polar surface area (TPSA) is 29.3 Å². The van der Waals surface area contributed by atoms with Gasteiger partial charge in [-0.1, -0.05) is 26.2 Å². The maximum absolute atomic E-state index is 5.75. The van der Waals surface area contributed by atoms with Crippen LogP contribution in [0, 0.1) is 5.92 Å². The largest absolute Gasteiger partial charge is 0.330 e. The summed E-state index contributed by atoms with van der Waals surface area (Å²) in [7, 11) is 0. The van der Waals surface area contributed by atoms with E-state index in [-0.39, 0.29) is 0 Å². The second-order valence-corrected chi connectivity index (χ2v) is 5.89. The van der Waals surface area contributed by atoms with Gasteiger partial charge in [0.2, 0.25) is 0 Å². The Balaban J connectivity index is 1.93. The third kappa shape index (κ3) is 2.98. The van der Waals surface area contributed by atoms with Crippen molar-refractivity contribution in [1.82, 2.24) is 4.90 Å². The standard InChI is InChI=1S/C14H28N2/c1-12-5-4-7-14(11-12)16-10-3-2-6-13(16)8-9-15/h12-14H,2-11,15H2,1H3. The van der Waals surface area contributed by atoms with Gasteiger partial charge in [-0.15, -0.1) is 0 Å². The van der Waals surface area contributed by atoms with Crippen LogP contribution in [0.4, 0.5) is 0 Å². The van der Waals surface area contributed by atoms with E-state index in [9.17, 15) is 0 Å². The first-order valence-electron chi connectivity index (χ1n) is 7.27. The van der Waals surface area contributed by atoms with Gasteiger partial charge >= 0.3 is 0 Å². The van der Waals surface area contributed by atoms with Gasteiger partial charge in [-0.25, -0.2) is 0 Å². The fourth-order valence-electron chi connectivity index (χ4n) is 3.71. The molecule has 2 heteroatoms. The molecule has 0 aromatic rings. The van der Waals surface area contributed by atoms with Crippen molar-refractivity contribution in [2.45, 2.75) is 70.4 Å². The third-order valence-electron chi connectivity index (χ3n) is 4.55. The molecule has 1 heterocycles. The summed E-state index contributed by atoms with van der Waals surface area (Å²) in [4.78, 5) is 2.81. The molecule has 2 aliphatic rings. The summed E-state index contributed by atoms with van der Waals surface area (Å²) in [6.07, 6.45) is 11.2. The molecule has 3 atom stereocenters. The molecule has 3 unspecified atom stereocenters. The van der Waals surface area contributed by atoms with Crippen LogP contribution in [0.5, 0.6) is 0 Å². The van der Waals surface area contributed by atoms with Crippen LogP contribution in [0.15, 0.2) is 0 Å². The summed E-state index contributed by atoms with van der Waals surface area (Å²) in [5.41, 5.74) is 5.75. The van der Waals surface area contributed by atoms with Crippen molar-refractivity contribution in [2.24, 2.45) is 11.7 Å². The second kappa shape index (κ2) is 6.02. The van der Waals surface area contributed by atoms with Gasteiger partial charge < -0.3 is 5.73 Å². The first kappa shape index (κ1) is 12.4. The van der Waals surface area contributed by atoms with Crippen molar-refractivity contribution in [1.29, 1.82) is 0 Å². The van der Waals surface area contributed by atoms with Gasteiger partial charge in [0.1, 0.15) is 0 Å². The molecule has 1 aliphatic carbocycles. The fraction of sp³-hybridized carbons (Fsp3) is 1.00. The van der Waals surface area contributed by atoms with E-state index in [0.717, 1.165) is 24.5 Å². The Kier molecular flexibility index (Phi) is 4.66. The molecule has 1 saturated heterocycles. The van der Waals surface area contributed by atoms with E-state index in [0.29, 0.717) is 0 Å². The Hall–Kier alpha value is -0.0800. The second-order valence-electron chi connectivity index (χ2n) is 5.89. The lowest BCUT2D eigenvalue weighted by molar-refractivity contribution is 0.0577. The van der Waals surface area contributed by atoms with E-state index in [2.05, 4.69) is 11.8 Å². The molecule has 0 aromatic heterocycles. The minimum atomic E-state index is 0.800. The Bertz CT molecular complexity index is 203.